The average Bonchev–Trinajstić information content (AvgIpc) is 3.29. The first-order valence-corrected chi connectivity index (χ1v) is 10.8. The number of nitrogens with one attached hydrogen (secondary N) is 2. The van der Waals surface area contributed by atoms with Crippen LogP contribution in [-0.2, 0) is 5.54 Å². The smallest absolute Gasteiger partial charge is 0.166 e. The summed E-state index contributed by atoms with van der Waals surface area (Å²) in [5.74, 6) is 2.15. The van der Waals surface area contributed by atoms with E-state index < -0.39 is 0 Å². The fourth-order valence-electron chi connectivity index (χ4n) is 3.06. The lowest BCUT2D eigenvalue weighted by atomic mass is 10.00. The van der Waals surface area contributed by atoms with Crippen molar-refractivity contribution in [2.24, 2.45) is 0 Å². The molecule has 1 atom stereocenters. The molecule has 27 heavy (non-hydrogen) atoms. The van der Waals surface area contributed by atoms with Crippen molar-refractivity contribution in [3.8, 4) is 21.8 Å². The topological polar surface area (TPSA) is 61.9 Å². The van der Waals surface area contributed by atoms with Gasteiger partial charge in [0.25, 0.3) is 0 Å². The number of rotatable bonds is 3. The number of benzene rings is 1. The lowest BCUT2D eigenvalue weighted by Crippen LogP contribution is -2.56. The molecule has 0 saturated carbocycles. The summed E-state index contributed by atoms with van der Waals surface area (Å²) in [7, 11) is 0. The number of thioether (sulfide) groups is 1. The zero-order valence-corrected chi connectivity index (χ0v) is 17.7. The summed E-state index contributed by atoms with van der Waals surface area (Å²) in [6.07, 6.45) is 1.64. The van der Waals surface area contributed by atoms with Gasteiger partial charge in [-0.15, -0.1) is 23.1 Å². The molecule has 1 fully saturated rings. The third-order valence-electron chi connectivity index (χ3n) is 4.78. The predicted molar refractivity (Wildman–Crippen MR) is 115 cm³/mol. The number of halogens is 1. The molecule has 0 spiro atoms. The summed E-state index contributed by atoms with van der Waals surface area (Å²) < 4.78 is 5.08. The first-order chi connectivity index (χ1) is 12.8. The normalized spacial score (nSPS) is 21.9. The number of hydrogen-bond donors (Lipinski definition) is 2. The second-order valence-corrected chi connectivity index (χ2v) is 10.4. The largest absolute Gasteiger partial charge is 0.362 e. The van der Waals surface area contributed by atoms with Crippen molar-refractivity contribution in [2.45, 2.75) is 31.1 Å². The van der Waals surface area contributed by atoms with E-state index in [4.69, 9.17) is 21.5 Å². The highest BCUT2D eigenvalue weighted by molar-refractivity contribution is 8.01. The Balaban J connectivity index is 1.68. The fourth-order valence-corrected chi connectivity index (χ4v) is 5.86. The van der Waals surface area contributed by atoms with Gasteiger partial charge >= 0.3 is 0 Å². The SMILES string of the molecule is CC1(C)SC[C@@](C)(c2sc(-c3cccc(-c4ccno4)c3)cc2Cl)NC1=N. The van der Waals surface area contributed by atoms with Crippen LogP contribution in [0.15, 0.2) is 47.1 Å². The Morgan fingerprint density at radius 3 is 2.67 bits per heavy atom. The van der Waals surface area contributed by atoms with E-state index in [1.54, 1.807) is 29.3 Å². The van der Waals surface area contributed by atoms with E-state index in [0.29, 0.717) is 5.84 Å². The van der Waals surface area contributed by atoms with Gasteiger partial charge in [0.1, 0.15) is 5.84 Å². The van der Waals surface area contributed by atoms with Crippen molar-refractivity contribution < 1.29 is 4.52 Å². The molecule has 4 rings (SSSR count). The maximum absolute atomic E-state index is 8.36. The summed E-state index contributed by atoms with van der Waals surface area (Å²) in [6.45, 7) is 6.27. The predicted octanol–water partition coefficient (Wildman–Crippen LogP) is 6.03. The van der Waals surface area contributed by atoms with E-state index in [0.717, 1.165) is 37.4 Å². The molecule has 2 N–H and O–H groups in total. The van der Waals surface area contributed by atoms with E-state index in [1.165, 1.54) is 0 Å². The van der Waals surface area contributed by atoms with Gasteiger partial charge in [-0.05, 0) is 38.5 Å². The van der Waals surface area contributed by atoms with Gasteiger partial charge in [0.2, 0.25) is 0 Å². The first-order valence-electron chi connectivity index (χ1n) is 8.61. The summed E-state index contributed by atoms with van der Waals surface area (Å²) in [5, 5.41) is 16.3. The van der Waals surface area contributed by atoms with E-state index in [2.05, 4.69) is 43.4 Å². The second kappa shape index (κ2) is 6.69. The van der Waals surface area contributed by atoms with Gasteiger partial charge in [-0.3, -0.25) is 5.41 Å². The number of amidine groups is 1. The minimum Gasteiger partial charge on any atom is -0.362 e. The highest BCUT2D eigenvalue weighted by atomic mass is 35.5. The van der Waals surface area contributed by atoms with Gasteiger partial charge in [-0.25, -0.2) is 0 Å². The highest BCUT2D eigenvalue weighted by Gasteiger charge is 2.42. The van der Waals surface area contributed by atoms with Crippen LogP contribution in [0.1, 0.15) is 25.6 Å². The van der Waals surface area contributed by atoms with Crippen LogP contribution in [-0.4, -0.2) is 21.5 Å². The Bertz CT molecular complexity index is 997. The molecule has 0 unspecified atom stereocenters. The quantitative estimate of drug-likeness (QED) is 0.546. The molecule has 1 aliphatic heterocycles. The molecule has 140 valence electrons. The van der Waals surface area contributed by atoms with Crippen LogP contribution in [0.4, 0.5) is 0 Å². The molecule has 0 radical (unpaired) electrons. The number of thiophene rings is 1. The maximum Gasteiger partial charge on any atom is 0.166 e. The van der Waals surface area contributed by atoms with Gasteiger partial charge in [0, 0.05) is 27.1 Å². The minimum absolute atomic E-state index is 0.197. The molecule has 1 aromatic carbocycles. The number of nitrogens with zero attached hydrogens (tertiary/aromatic N) is 1. The zero-order chi connectivity index (χ0) is 19.2. The van der Waals surface area contributed by atoms with Crippen LogP contribution < -0.4 is 5.32 Å². The van der Waals surface area contributed by atoms with Crippen molar-refractivity contribution in [2.75, 3.05) is 5.75 Å². The summed E-state index contributed by atoms with van der Waals surface area (Å²) in [6, 6.07) is 12.0. The molecule has 2 aromatic heterocycles. The summed E-state index contributed by atoms with van der Waals surface area (Å²) in [4.78, 5) is 2.16. The minimum atomic E-state index is -0.347. The Morgan fingerprint density at radius 2 is 1.96 bits per heavy atom. The summed E-state index contributed by atoms with van der Waals surface area (Å²) in [5.41, 5.74) is 1.72. The van der Waals surface area contributed by atoms with Crippen molar-refractivity contribution in [3.05, 3.63) is 52.5 Å². The number of hydrogen-bond acceptors (Lipinski definition) is 5. The Morgan fingerprint density at radius 1 is 1.19 bits per heavy atom. The number of aromatic nitrogens is 1. The molecule has 0 bridgehead atoms. The van der Waals surface area contributed by atoms with E-state index >= 15 is 0 Å². The first kappa shape index (κ1) is 18.6. The standard InChI is InChI=1S/C20H20ClN3OS2/c1-19(2)18(22)24-20(3,11-26-19)17-14(21)10-16(27-17)13-6-4-5-12(9-13)15-7-8-23-25-15/h4-10H,11H2,1-3H3,(H2,22,24)/t20-/m0/s1. The molecular formula is C20H20ClN3OS2. The summed E-state index contributed by atoms with van der Waals surface area (Å²) >= 11 is 10.1. The second-order valence-electron chi connectivity index (χ2n) is 7.38. The maximum atomic E-state index is 8.36. The molecule has 0 amide bonds. The zero-order valence-electron chi connectivity index (χ0n) is 15.3. The third-order valence-corrected chi connectivity index (χ3v) is 8.29. The van der Waals surface area contributed by atoms with E-state index in [9.17, 15) is 0 Å². The average molecular weight is 418 g/mol. The van der Waals surface area contributed by atoms with Crippen molar-refractivity contribution in [1.82, 2.24) is 10.5 Å². The van der Waals surface area contributed by atoms with Crippen molar-refractivity contribution in [1.29, 1.82) is 5.41 Å². The fraction of sp³-hybridized carbons (Fsp3) is 0.300. The van der Waals surface area contributed by atoms with E-state index in [1.807, 2.05) is 24.3 Å². The van der Waals surface area contributed by atoms with Gasteiger partial charge in [-0.2, -0.15) is 0 Å². The van der Waals surface area contributed by atoms with Crippen molar-refractivity contribution in [3.63, 3.8) is 0 Å². The Kier molecular flexibility index (Phi) is 4.61. The highest BCUT2D eigenvalue weighted by Crippen LogP contribution is 2.45. The molecule has 3 aromatic rings. The van der Waals surface area contributed by atoms with E-state index in [-0.39, 0.29) is 10.3 Å². The molecule has 1 aliphatic rings. The van der Waals surface area contributed by atoms with Gasteiger partial charge in [0.15, 0.2) is 5.76 Å². The molecule has 3 heterocycles. The lowest BCUT2D eigenvalue weighted by molar-refractivity contribution is 0.432. The van der Waals surface area contributed by atoms with Crippen molar-refractivity contribution >= 4 is 40.5 Å². The molecular weight excluding hydrogens is 398 g/mol. The van der Waals surface area contributed by atoms with Crippen LogP contribution in [0.2, 0.25) is 5.02 Å². The Hall–Kier alpha value is -1.76. The van der Waals surface area contributed by atoms with Crippen LogP contribution >= 0.6 is 34.7 Å². The van der Waals surface area contributed by atoms with Crippen LogP contribution in [0.25, 0.3) is 21.8 Å². The molecule has 1 saturated heterocycles. The van der Waals surface area contributed by atoms with Crippen LogP contribution in [0, 0.1) is 5.41 Å². The third kappa shape index (κ3) is 3.42. The van der Waals surface area contributed by atoms with Gasteiger partial charge in [-0.1, -0.05) is 35.0 Å². The van der Waals surface area contributed by atoms with Gasteiger partial charge in [0.05, 0.1) is 21.5 Å². The molecule has 0 aliphatic carbocycles. The lowest BCUT2D eigenvalue weighted by Gasteiger charge is -2.42. The van der Waals surface area contributed by atoms with Crippen LogP contribution in [0.3, 0.4) is 0 Å². The van der Waals surface area contributed by atoms with Crippen LogP contribution in [0.5, 0.6) is 0 Å². The molecule has 7 heteroatoms. The molecule has 4 nitrogen and oxygen atoms in total. The Labute approximate surface area is 171 Å². The van der Waals surface area contributed by atoms with Gasteiger partial charge < -0.3 is 9.84 Å². The monoisotopic (exact) mass is 417 g/mol.